The molecular weight excluding hydrogens is 384 g/mol. The Balaban J connectivity index is 1.24. The van der Waals surface area contributed by atoms with Gasteiger partial charge in [-0.3, -0.25) is 4.90 Å². The zero-order chi connectivity index (χ0) is 20.1. The van der Waals surface area contributed by atoms with Gasteiger partial charge in [-0.05, 0) is 87.0 Å². The Morgan fingerprint density at radius 1 is 0.931 bits per heavy atom. The Kier molecular flexibility index (Phi) is 5.16. The van der Waals surface area contributed by atoms with Crippen LogP contribution in [-0.4, -0.2) is 55.9 Å². The maximum absolute atomic E-state index is 13.1. The Bertz CT molecular complexity index is 793. The van der Waals surface area contributed by atoms with Gasteiger partial charge in [-0.1, -0.05) is 6.92 Å². The first-order valence-electron chi connectivity index (χ1n) is 11.5. The van der Waals surface area contributed by atoms with Gasteiger partial charge in [0.15, 0.2) is 0 Å². The number of benzene rings is 1. The molecule has 1 aliphatic heterocycles. The van der Waals surface area contributed by atoms with E-state index >= 15 is 0 Å². The maximum atomic E-state index is 13.1. The molecule has 4 saturated carbocycles. The van der Waals surface area contributed by atoms with Crippen molar-refractivity contribution in [1.29, 1.82) is 0 Å². The van der Waals surface area contributed by atoms with Crippen molar-refractivity contribution in [3.05, 3.63) is 24.3 Å². The van der Waals surface area contributed by atoms with Crippen LogP contribution in [0.5, 0.6) is 5.75 Å². The molecule has 6 heteroatoms. The minimum absolute atomic E-state index is 0.378. The number of piperazine rings is 1. The standard InChI is InChI=1S/C23H34N2O3S/c1-2-11-28-21-3-5-22(6-4-21)29(26,27)25-9-7-24(8-10-25)23-15-18-12-19(16-23)14-20(13-18)17-23/h3-6,18-20H,2,7-17H2,1H3. The summed E-state index contributed by atoms with van der Waals surface area (Å²) in [5, 5.41) is 0. The van der Waals surface area contributed by atoms with E-state index in [2.05, 4.69) is 11.8 Å². The van der Waals surface area contributed by atoms with Gasteiger partial charge in [-0.25, -0.2) is 8.42 Å². The minimum Gasteiger partial charge on any atom is -0.494 e. The summed E-state index contributed by atoms with van der Waals surface area (Å²) in [6, 6.07) is 6.92. The van der Waals surface area contributed by atoms with E-state index in [1.54, 1.807) is 28.6 Å². The lowest BCUT2D eigenvalue weighted by atomic mass is 9.52. The van der Waals surface area contributed by atoms with Crippen molar-refractivity contribution in [2.75, 3.05) is 32.8 Å². The zero-order valence-electron chi connectivity index (χ0n) is 17.6. The van der Waals surface area contributed by atoms with Crippen LogP contribution in [0.3, 0.4) is 0 Å². The molecule has 1 heterocycles. The number of sulfonamides is 1. The summed E-state index contributed by atoms with van der Waals surface area (Å²) in [5.41, 5.74) is 0.378. The van der Waals surface area contributed by atoms with Crippen molar-refractivity contribution in [1.82, 2.24) is 9.21 Å². The number of hydrogen-bond donors (Lipinski definition) is 0. The molecule has 5 aliphatic rings. The average molecular weight is 419 g/mol. The molecule has 1 aromatic carbocycles. The van der Waals surface area contributed by atoms with Crippen LogP contribution in [0.15, 0.2) is 29.2 Å². The molecule has 4 bridgehead atoms. The molecular formula is C23H34N2O3S. The third-order valence-corrected chi connectivity index (χ3v) is 9.76. The molecule has 0 radical (unpaired) electrons. The summed E-state index contributed by atoms with van der Waals surface area (Å²) in [6.07, 6.45) is 9.34. The second kappa shape index (κ2) is 7.54. The van der Waals surface area contributed by atoms with Gasteiger partial charge in [0.1, 0.15) is 5.75 Å². The van der Waals surface area contributed by atoms with Crippen LogP contribution in [0.4, 0.5) is 0 Å². The van der Waals surface area contributed by atoms with Gasteiger partial charge >= 0.3 is 0 Å². The first-order chi connectivity index (χ1) is 14.0. The summed E-state index contributed by atoms with van der Waals surface area (Å²) >= 11 is 0. The fraction of sp³-hybridized carbons (Fsp3) is 0.739. The van der Waals surface area contributed by atoms with E-state index in [1.165, 1.54) is 38.5 Å². The van der Waals surface area contributed by atoms with Crippen LogP contribution < -0.4 is 4.74 Å². The van der Waals surface area contributed by atoms with Crippen molar-refractivity contribution >= 4 is 10.0 Å². The second-order valence-electron chi connectivity index (χ2n) is 9.85. The lowest BCUT2D eigenvalue weighted by Gasteiger charge is -2.61. The molecule has 1 saturated heterocycles. The normalized spacial score (nSPS) is 35.1. The van der Waals surface area contributed by atoms with Crippen molar-refractivity contribution in [3.63, 3.8) is 0 Å². The van der Waals surface area contributed by atoms with Crippen molar-refractivity contribution in [2.24, 2.45) is 17.8 Å². The van der Waals surface area contributed by atoms with Crippen LogP contribution in [0.1, 0.15) is 51.9 Å². The molecule has 0 N–H and O–H groups in total. The molecule has 4 aliphatic carbocycles. The summed E-state index contributed by atoms with van der Waals surface area (Å²) in [7, 11) is -3.43. The molecule has 5 nitrogen and oxygen atoms in total. The number of nitrogens with zero attached hydrogens (tertiary/aromatic N) is 2. The van der Waals surface area contributed by atoms with Crippen LogP contribution in [0.2, 0.25) is 0 Å². The quantitative estimate of drug-likeness (QED) is 0.706. The molecule has 0 spiro atoms. The van der Waals surface area contributed by atoms with E-state index in [-0.39, 0.29) is 0 Å². The Morgan fingerprint density at radius 3 is 2.00 bits per heavy atom. The fourth-order valence-electron chi connectivity index (χ4n) is 6.93. The van der Waals surface area contributed by atoms with E-state index in [1.807, 2.05) is 0 Å². The SMILES string of the molecule is CCCOc1ccc(S(=O)(=O)N2CCN(C34CC5CC(CC(C5)C3)C4)CC2)cc1. The van der Waals surface area contributed by atoms with Crippen LogP contribution in [0.25, 0.3) is 0 Å². The topological polar surface area (TPSA) is 49.9 Å². The molecule has 0 aromatic heterocycles. The molecule has 0 unspecified atom stereocenters. The highest BCUT2D eigenvalue weighted by Crippen LogP contribution is 2.57. The number of hydrogen-bond acceptors (Lipinski definition) is 4. The summed E-state index contributed by atoms with van der Waals surface area (Å²) in [5.74, 6) is 3.52. The van der Waals surface area contributed by atoms with Crippen LogP contribution in [0, 0.1) is 17.8 Å². The monoisotopic (exact) mass is 418 g/mol. The summed E-state index contributed by atoms with van der Waals surface area (Å²) < 4.78 is 33.5. The van der Waals surface area contributed by atoms with E-state index in [0.29, 0.717) is 30.1 Å². The van der Waals surface area contributed by atoms with Crippen LogP contribution >= 0.6 is 0 Å². The molecule has 5 fully saturated rings. The Labute approximate surface area is 175 Å². The number of ether oxygens (including phenoxy) is 1. The highest BCUT2D eigenvalue weighted by atomic mass is 32.2. The highest BCUT2D eigenvalue weighted by Gasteiger charge is 2.53. The molecule has 6 rings (SSSR count). The predicted octanol–water partition coefficient (Wildman–Crippen LogP) is 3.75. The Morgan fingerprint density at radius 2 is 1.48 bits per heavy atom. The zero-order valence-corrected chi connectivity index (χ0v) is 18.4. The smallest absolute Gasteiger partial charge is 0.243 e. The first-order valence-corrected chi connectivity index (χ1v) is 12.9. The van der Waals surface area contributed by atoms with E-state index in [9.17, 15) is 8.42 Å². The molecule has 29 heavy (non-hydrogen) atoms. The summed E-state index contributed by atoms with van der Waals surface area (Å²) in [6.45, 7) is 5.68. The fourth-order valence-corrected chi connectivity index (χ4v) is 8.35. The third-order valence-electron chi connectivity index (χ3n) is 7.85. The van der Waals surface area contributed by atoms with Gasteiger partial charge in [-0.15, -0.1) is 0 Å². The average Bonchev–Trinajstić information content (AvgIpc) is 2.72. The van der Waals surface area contributed by atoms with E-state index in [4.69, 9.17) is 4.74 Å². The van der Waals surface area contributed by atoms with Gasteiger partial charge in [0.25, 0.3) is 0 Å². The lowest BCUT2D eigenvalue weighted by Crippen LogP contribution is -2.64. The van der Waals surface area contributed by atoms with Crippen molar-refractivity contribution in [2.45, 2.75) is 62.3 Å². The van der Waals surface area contributed by atoms with Crippen molar-refractivity contribution in [3.8, 4) is 5.75 Å². The largest absolute Gasteiger partial charge is 0.494 e. The molecule has 160 valence electrons. The number of rotatable bonds is 6. The minimum atomic E-state index is -3.43. The lowest BCUT2D eigenvalue weighted by molar-refractivity contribution is -0.0964. The van der Waals surface area contributed by atoms with Gasteiger partial charge in [0, 0.05) is 31.7 Å². The first kappa shape index (κ1) is 19.8. The maximum Gasteiger partial charge on any atom is 0.243 e. The van der Waals surface area contributed by atoms with Crippen molar-refractivity contribution < 1.29 is 13.2 Å². The molecule has 0 atom stereocenters. The molecule has 1 aromatic rings. The summed E-state index contributed by atoms with van der Waals surface area (Å²) in [4.78, 5) is 3.05. The highest BCUT2D eigenvalue weighted by molar-refractivity contribution is 7.89. The third kappa shape index (κ3) is 3.61. The molecule has 0 amide bonds. The van der Waals surface area contributed by atoms with Gasteiger partial charge in [-0.2, -0.15) is 4.31 Å². The Hall–Kier alpha value is -1.11. The van der Waals surface area contributed by atoms with E-state index in [0.717, 1.165) is 43.0 Å². The predicted molar refractivity (Wildman–Crippen MR) is 113 cm³/mol. The van der Waals surface area contributed by atoms with Gasteiger partial charge in [0.05, 0.1) is 11.5 Å². The van der Waals surface area contributed by atoms with Gasteiger partial charge < -0.3 is 4.74 Å². The van der Waals surface area contributed by atoms with Gasteiger partial charge in [0.2, 0.25) is 10.0 Å². The van der Waals surface area contributed by atoms with Crippen LogP contribution in [-0.2, 0) is 10.0 Å². The second-order valence-corrected chi connectivity index (χ2v) is 11.8. The van der Waals surface area contributed by atoms with E-state index < -0.39 is 10.0 Å².